The van der Waals surface area contributed by atoms with Crippen LogP contribution in [0.4, 0.5) is 5.82 Å². The van der Waals surface area contributed by atoms with Gasteiger partial charge in [0.1, 0.15) is 11.5 Å². The molecule has 0 spiro atoms. The molecule has 2 rings (SSSR count). The molecule has 1 aliphatic heterocycles. The Kier molecular flexibility index (Phi) is 1.91. The van der Waals surface area contributed by atoms with Crippen LogP contribution in [0.25, 0.3) is 0 Å². The summed E-state index contributed by atoms with van der Waals surface area (Å²) in [6.45, 7) is 3.96. The Bertz CT molecular complexity index is 377. The lowest BCUT2D eigenvalue weighted by Crippen LogP contribution is -2.55. The Balaban J connectivity index is 2.43. The number of hydrogen-bond acceptors (Lipinski definition) is 3. The molecule has 2 N–H and O–H groups in total. The maximum absolute atomic E-state index is 11.7. The monoisotopic (exact) mass is 191 g/mol. The minimum absolute atomic E-state index is 0.0591. The van der Waals surface area contributed by atoms with Gasteiger partial charge in [-0.25, -0.2) is 4.98 Å². The van der Waals surface area contributed by atoms with Crippen molar-refractivity contribution in [3.05, 3.63) is 23.9 Å². The maximum Gasteiger partial charge on any atom is 0.256 e. The molecular weight excluding hydrogens is 178 g/mol. The van der Waals surface area contributed by atoms with E-state index < -0.39 is 0 Å². The number of aromatic nitrogens is 1. The van der Waals surface area contributed by atoms with E-state index in [1.165, 1.54) is 0 Å². The first-order chi connectivity index (χ1) is 6.64. The Labute approximate surface area is 82.7 Å². The average molecular weight is 191 g/mol. The Morgan fingerprint density at radius 2 is 2.29 bits per heavy atom. The molecule has 74 valence electrons. The maximum atomic E-state index is 11.7. The van der Waals surface area contributed by atoms with Crippen molar-refractivity contribution in [3.63, 3.8) is 0 Å². The molecule has 0 bridgehead atoms. The molecule has 1 aliphatic rings. The normalized spacial score (nSPS) is 24.9. The fourth-order valence-electron chi connectivity index (χ4n) is 1.48. The number of carbonyl (C=O) groups is 1. The van der Waals surface area contributed by atoms with Crippen LogP contribution < -0.4 is 10.6 Å². The predicted octanol–water partition coefficient (Wildman–Crippen LogP) is 1.36. The molecular formula is C10H13N3O. The first kappa shape index (κ1) is 8.99. The summed E-state index contributed by atoms with van der Waals surface area (Å²) in [6, 6.07) is 3.52. The standard InChI is InChI=1S/C10H13N3O/c1-3-10(2)12-8-7(9(14)13-10)5-4-6-11-8/h4-6H,3H2,1-2H3,(H,11,12)(H,13,14). The van der Waals surface area contributed by atoms with E-state index >= 15 is 0 Å². The van der Waals surface area contributed by atoms with Crippen LogP contribution in [-0.2, 0) is 0 Å². The van der Waals surface area contributed by atoms with Crippen molar-refractivity contribution in [2.75, 3.05) is 5.32 Å². The molecule has 4 heteroatoms. The van der Waals surface area contributed by atoms with Crippen molar-refractivity contribution in [1.82, 2.24) is 10.3 Å². The molecule has 4 nitrogen and oxygen atoms in total. The van der Waals surface area contributed by atoms with Crippen LogP contribution in [0.2, 0.25) is 0 Å². The summed E-state index contributed by atoms with van der Waals surface area (Å²) >= 11 is 0. The Hall–Kier alpha value is -1.58. The molecule has 1 aromatic rings. The van der Waals surface area contributed by atoms with Crippen molar-refractivity contribution < 1.29 is 4.79 Å². The second kappa shape index (κ2) is 2.97. The van der Waals surface area contributed by atoms with Gasteiger partial charge in [-0.05, 0) is 25.5 Å². The summed E-state index contributed by atoms with van der Waals surface area (Å²) in [5.41, 5.74) is 0.233. The van der Waals surface area contributed by atoms with E-state index in [1.54, 1.807) is 18.3 Å². The number of nitrogens with one attached hydrogen (secondary N) is 2. The van der Waals surface area contributed by atoms with Crippen molar-refractivity contribution >= 4 is 11.7 Å². The van der Waals surface area contributed by atoms with Gasteiger partial charge >= 0.3 is 0 Å². The van der Waals surface area contributed by atoms with Crippen molar-refractivity contribution in [2.24, 2.45) is 0 Å². The molecule has 1 unspecified atom stereocenters. The number of hydrogen-bond donors (Lipinski definition) is 2. The summed E-state index contributed by atoms with van der Waals surface area (Å²) in [5.74, 6) is 0.608. The highest BCUT2D eigenvalue weighted by atomic mass is 16.2. The molecule has 0 saturated heterocycles. The topological polar surface area (TPSA) is 54.0 Å². The van der Waals surface area contributed by atoms with Gasteiger partial charge in [0.05, 0.1) is 5.56 Å². The Morgan fingerprint density at radius 3 is 3.00 bits per heavy atom. The number of carbonyl (C=O) groups excluding carboxylic acids is 1. The fourth-order valence-corrected chi connectivity index (χ4v) is 1.48. The zero-order valence-corrected chi connectivity index (χ0v) is 8.29. The number of pyridine rings is 1. The molecule has 0 radical (unpaired) electrons. The zero-order chi connectivity index (χ0) is 10.2. The van der Waals surface area contributed by atoms with Gasteiger partial charge in [0, 0.05) is 6.20 Å². The molecule has 14 heavy (non-hydrogen) atoms. The highest BCUT2D eigenvalue weighted by Gasteiger charge is 2.31. The summed E-state index contributed by atoms with van der Waals surface area (Å²) in [4.78, 5) is 15.8. The van der Waals surface area contributed by atoms with Gasteiger partial charge < -0.3 is 10.6 Å². The minimum atomic E-state index is -0.377. The first-order valence-electron chi connectivity index (χ1n) is 4.70. The SMILES string of the molecule is CCC1(C)NC(=O)c2cccnc2N1. The van der Waals surface area contributed by atoms with Crippen LogP contribution in [0, 0.1) is 0 Å². The van der Waals surface area contributed by atoms with E-state index in [2.05, 4.69) is 15.6 Å². The summed E-state index contributed by atoms with van der Waals surface area (Å²) in [5, 5.41) is 6.12. The van der Waals surface area contributed by atoms with Gasteiger partial charge in [-0.15, -0.1) is 0 Å². The summed E-state index contributed by atoms with van der Waals surface area (Å²) < 4.78 is 0. The molecule has 1 amide bonds. The zero-order valence-electron chi connectivity index (χ0n) is 8.29. The molecule has 0 saturated carbocycles. The fraction of sp³-hybridized carbons (Fsp3) is 0.400. The van der Waals surface area contributed by atoms with E-state index in [0.717, 1.165) is 6.42 Å². The average Bonchev–Trinajstić information content (AvgIpc) is 2.18. The molecule has 0 fully saturated rings. The van der Waals surface area contributed by atoms with E-state index in [9.17, 15) is 4.79 Å². The van der Waals surface area contributed by atoms with E-state index in [-0.39, 0.29) is 11.6 Å². The first-order valence-corrected chi connectivity index (χ1v) is 4.70. The van der Waals surface area contributed by atoms with E-state index in [4.69, 9.17) is 0 Å². The van der Waals surface area contributed by atoms with Gasteiger partial charge in [0.25, 0.3) is 5.91 Å². The molecule has 0 aromatic carbocycles. The highest BCUT2D eigenvalue weighted by Crippen LogP contribution is 2.23. The van der Waals surface area contributed by atoms with Crippen molar-refractivity contribution in [1.29, 1.82) is 0 Å². The largest absolute Gasteiger partial charge is 0.347 e. The minimum Gasteiger partial charge on any atom is -0.347 e. The number of nitrogens with zero attached hydrogens (tertiary/aromatic N) is 1. The second-order valence-electron chi connectivity index (χ2n) is 3.66. The molecule has 2 heterocycles. The predicted molar refractivity (Wildman–Crippen MR) is 54.0 cm³/mol. The third-order valence-electron chi connectivity index (χ3n) is 2.54. The van der Waals surface area contributed by atoms with Gasteiger partial charge in [0.15, 0.2) is 0 Å². The quantitative estimate of drug-likeness (QED) is 0.704. The summed E-state index contributed by atoms with van der Waals surface area (Å²) in [7, 11) is 0. The Morgan fingerprint density at radius 1 is 1.50 bits per heavy atom. The van der Waals surface area contributed by atoms with Crippen LogP contribution >= 0.6 is 0 Å². The number of rotatable bonds is 1. The molecule has 0 aliphatic carbocycles. The number of amides is 1. The lowest BCUT2D eigenvalue weighted by molar-refractivity contribution is 0.0904. The highest BCUT2D eigenvalue weighted by molar-refractivity contribution is 6.01. The van der Waals surface area contributed by atoms with Crippen LogP contribution in [0.5, 0.6) is 0 Å². The lowest BCUT2D eigenvalue weighted by atomic mass is 10.0. The van der Waals surface area contributed by atoms with Crippen LogP contribution in [-0.4, -0.2) is 16.6 Å². The van der Waals surface area contributed by atoms with Crippen LogP contribution in [0.3, 0.4) is 0 Å². The van der Waals surface area contributed by atoms with Gasteiger partial charge in [-0.1, -0.05) is 6.92 Å². The molecule has 1 aromatic heterocycles. The summed E-state index contributed by atoms with van der Waals surface area (Å²) in [6.07, 6.45) is 2.50. The number of fused-ring (bicyclic) bond motifs is 1. The van der Waals surface area contributed by atoms with E-state index in [0.29, 0.717) is 11.4 Å². The second-order valence-corrected chi connectivity index (χ2v) is 3.66. The lowest BCUT2D eigenvalue weighted by Gasteiger charge is -2.35. The number of anilines is 1. The van der Waals surface area contributed by atoms with Crippen LogP contribution in [0.15, 0.2) is 18.3 Å². The van der Waals surface area contributed by atoms with Gasteiger partial charge in [0.2, 0.25) is 0 Å². The van der Waals surface area contributed by atoms with Crippen molar-refractivity contribution in [3.8, 4) is 0 Å². The smallest absolute Gasteiger partial charge is 0.256 e. The van der Waals surface area contributed by atoms with E-state index in [1.807, 2.05) is 13.8 Å². The van der Waals surface area contributed by atoms with Crippen molar-refractivity contribution in [2.45, 2.75) is 25.9 Å². The molecule has 1 atom stereocenters. The van der Waals surface area contributed by atoms with Gasteiger partial charge in [-0.2, -0.15) is 0 Å². The van der Waals surface area contributed by atoms with Gasteiger partial charge in [-0.3, -0.25) is 4.79 Å². The third-order valence-corrected chi connectivity index (χ3v) is 2.54. The third kappa shape index (κ3) is 1.32. The van der Waals surface area contributed by atoms with Crippen LogP contribution in [0.1, 0.15) is 30.6 Å².